The van der Waals surface area contributed by atoms with Gasteiger partial charge in [-0.3, -0.25) is 9.78 Å². The van der Waals surface area contributed by atoms with Crippen molar-refractivity contribution in [3.63, 3.8) is 0 Å². The number of aromatic amines is 1. The van der Waals surface area contributed by atoms with Gasteiger partial charge in [0.1, 0.15) is 23.4 Å². The van der Waals surface area contributed by atoms with Crippen LogP contribution in [-0.2, 0) is 16.3 Å². The summed E-state index contributed by atoms with van der Waals surface area (Å²) in [6.45, 7) is 3.46. The maximum atomic E-state index is 16.3. The Morgan fingerprint density at radius 1 is 0.868 bits per heavy atom. The van der Waals surface area contributed by atoms with Crippen LogP contribution in [0.4, 0.5) is 47.8 Å². The zero-order chi connectivity index (χ0) is 38.1. The summed E-state index contributed by atoms with van der Waals surface area (Å²) in [5.41, 5.74) is -2.25. The van der Waals surface area contributed by atoms with E-state index in [1.807, 2.05) is 29.4 Å². The van der Waals surface area contributed by atoms with Crippen LogP contribution in [0.25, 0.3) is 11.1 Å². The van der Waals surface area contributed by atoms with E-state index in [0.717, 1.165) is 36.5 Å². The fourth-order valence-corrected chi connectivity index (χ4v) is 6.17. The van der Waals surface area contributed by atoms with Crippen molar-refractivity contribution < 1.29 is 40.6 Å². The normalized spacial score (nSPS) is 15.6. The van der Waals surface area contributed by atoms with Crippen molar-refractivity contribution in [2.75, 3.05) is 41.3 Å². The highest BCUT2D eigenvalue weighted by Crippen LogP contribution is 2.47. The quantitative estimate of drug-likeness (QED) is 0.161. The number of carbonyl (C=O) groups is 1. The summed E-state index contributed by atoms with van der Waals surface area (Å²) in [6, 6.07) is 18.4. The number of alkyl halides is 5. The van der Waals surface area contributed by atoms with E-state index in [1.165, 1.54) is 12.3 Å². The molecule has 0 bridgehead atoms. The van der Waals surface area contributed by atoms with E-state index in [-0.39, 0.29) is 5.69 Å². The van der Waals surface area contributed by atoms with Crippen molar-refractivity contribution in [3.05, 3.63) is 118 Å². The Morgan fingerprint density at radius 2 is 1.45 bits per heavy atom. The number of piperazine rings is 1. The molecule has 11 nitrogen and oxygen atoms in total. The van der Waals surface area contributed by atoms with Crippen LogP contribution in [-0.4, -0.2) is 74.7 Å². The molecule has 278 valence electrons. The van der Waals surface area contributed by atoms with E-state index in [9.17, 15) is 36.6 Å². The number of aliphatic hydroxyl groups is 1. The summed E-state index contributed by atoms with van der Waals surface area (Å²) in [6.07, 6.45) is -7.30. The standard InChI is InChI=1S/C35H31F7N8O3/c1-33(50-32(53)45-46-47-50,27-12-5-23(36)18-28(27)37)35(41,42)30-13-4-22(20-43-30)21-2-8-25(9-3-21)48-14-16-49(17-15-48)26-10-6-24(7-11-26)44-31(52)29(51)19-34(38,39)40/h2-13,18,20,29,51H,14-17,19H2,1H3,(H,44,52)(H,45,47,53)/t29?,33-/m1/s1. The highest BCUT2D eigenvalue weighted by Gasteiger charge is 2.58. The number of tetrazole rings is 1. The number of anilines is 3. The number of halogens is 7. The summed E-state index contributed by atoms with van der Waals surface area (Å²) >= 11 is 0. The number of aliphatic hydroxyl groups excluding tert-OH is 1. The Kier molecular flexibility index (Phi) is 10.0. The van der Waals surface area contributed by atoms with E-state index in [1.54, 1.807) is 24.3 Å². The summed E-state index contributed by atoms with van der Waals surface area (Å²) in [7, 11) is 0. The molecule has 53 heavy (non-hydrogen) atoms. The Bertz CT molecular complexity index is 2120. The number of pyridine rings is 1. The molecule has 3 aromatic carbocycles. The molecule has 0 spiro atoms. The molecule has 1 fully saturated rings. The lowest BCUT2D eigenvalue weighted by Crippen LogP contribution is -2.52. The fraction of sp³-hybridized carbons (Fsp3) is 0.286. The van der Waals surface area contributed by atoms with Gasteiger partial charge in [-0.05, 0) is 71.4 Å². The van der Waals surface area contributed by atoms with E-state index >= 15 is 8.78 Å². The molecule has 0 radical (unpaired) electrons. The van der Waals surface area contributed by atoms with Gasteiger partial charge in [0, 0.05) is 66.6 Å². The van der Waals surface area contributed by atoms with Gasteiger partial charge in [-0.15, -0.1) is 0 Å². The monoisotopic (exact) mass is 744 g/mol. The predicted octanol–water partition coefficient (Wildman–Crippen LogP) is 5.44. The number of H-pyrrole nitrogens is 1. The zero-order valence-corrected chi connectivity index (χ0v) is 27.8. The van der Waals surface area contributed by atoms with Gasteiger partial charge in [-0.1, -0.05) is 24.3 Å². The van der Waals surface area contributed by atoms with Crippen molar-refractivity contribution in [2.45, 2.75) is 37.1 Å². The molecular formula is C35H31F7N8O3. The zero-order valence-electron chi connectivity index (χ0n) is 27.8. The van der Waals surface area contributed by atoms with E-state index < -0.39 is 64.7 Å². The molecule has 0 saturated carbocycles. The number of amides is 1. The smallest absolute Gasteiger partial charge is 0.383 e. The second-order valence-electron chi connectivity index (χ2n) is 12.5. The molecule has 0 aliphatic carbocycles. The second-order valence-corrected chi connectivity index (χ2v) is 12.5. The molecule has 1 amide bonds. The van der Waals surface area contributed by atoms with Gasteiger partial charge in [0.15, 0.2) is 5.54 Å². The van der Waals surface area contributed by atoms with Crippen LogP contribution in [0.15, 0.2) is 89.9 Å². The van der Waals surface area contributed by atoms with E-state index in [2.05, 4.69) is 30.5 Å². The highest BCUT2D eigenvalue weighted by atomic mass is 19.4. The summed E-state index contributed by atoms with van der Waals surface area (Å²) in [5, 5.41) is 20.4. The topological polar surface area (TPSA) is 132 Å². The van der Waals surface area contributed by atoms with Crippen LogP contribution in [0.3, 0.4) is 0 Å². The second kappa shape index (κ2) is 14.3. The van der Waals surface area contributed by atoms with Gasteiger partial charge in [-0.2, -0.15) is 26.6 Å². The molecule has 1 aliphatic rings. The number of benzene rings is 3. The van der Waals surface area contributed by atoms with Crippen molar-refractivity contribution >= 4 is 23.0 Å². The van der Waals surface area contributed by atoms with Gasteiger partial charge in [-0.25, -0.2) is 18.7 Å². The first kappa shape index (κ1) is 37.0. The van der Waals surface area contributed by atoms with Gasteiger partial charge in [0.2, 0.25) is 0 Å². The minimum Gasteiger partial charge on any atom is -0.383 e. The van der Waals surface area contributed by atoms with Gasteiger partial charge < -0.3 is 20.2 Å². The third kappa shape index (κ3) is 7.58. The summed E-state index contributed by atoms with van der Waals surface area (Å²) in [4.78, 5) is 32.6. The predicted molar refractivity (Wildman–Crippen MR) is 179 cm³/mol. The minimum absolute atomic E-state index is 0.250. The average Bonchev–Trinajstić information content (AvgIpc) is 3.57. The maximum Gasteiger partial charge on any atom is 0.392 e. The molecule has 2 aromatic heterocycles. The number of aromatic nitrogens is 5. The molecule has 18 heteroatoms. The minimum atomic E-state index is -4.67. The third-order valence-corrected chi connectivity index (χ3v) is 9.12. The van der Waals surface area contributed by atoms with Crippen molar-refractivity contribution in [1.82, 2.24) is 25.2 Å². The van der Waals surface area contributed by atoms with Crippen LogP contribution >= 0.6 is 0 Å². The Morgan fingerprint density at radius 3 is 1.96 bits per heavy atom. The first-order valence-electron chi connectivity index (χ1n) is 16.1. The lowest BCUT2D eigenvalue weighted by molar-refractivity contribution is -0.160. The molecule has 5 aromatic rings. The average molecular weight is 745 g/mol. The number of rotatable bonds is 10. The number of hydrogen-bond donors (Lipinski definition) is 3. The van der Waals surface area contributed by atoms with Gasteiger partial charge in [0.05, 0.1) is 6.42 Å². The number of hydrogen-bond acceptors (Lipinski definition) is 8. The van der Waals surface area contributed by atoms with Crippen LogP contribution in [0.2, 0.25) is 0 Å². The number of nitrogens with one attached hydrogen (secondary N) is 2. The molecule has 3 heterocycles. The fourth-order valence-electron chi connectivity index (χ4n) is 6.17. The summed E-state index contributed by atoms with van der Waals surface area (Å²) < 4.78 is 99.1. The van der Waals surface area contributed by atoms with Crippen molar-refractivity contribution in [3.8, 4) is 11.1 Å². The molecule has 1 saturated heterocycles. The maximum absolute atomic E-state index is 16.3. The number of carbonyl (C=O) groups excluding carboxylic acids is 1. The Balaban J connectivity index is 1.10. The molecule has 6 rings (SSSR count). The molecule has 1 unspecified atom stereocenters. The van der Waals surface area contributed by atoms with E-state index in [0.29, 0.717) is 48.1 Å². The highest BCUT2D eigenvalue weighted by molar-refractivity contribution is 5.94. The lowest BCUT2D eigenvalue weighted by atomic mass is 9.83. The van der Waals surface area contributed by atoms with Crippen LogP contribution < -0.4 is 20.8 Å². The third-order valence-electron chi connectivity index (χ3n) is 9.12. The molecule has 1 aliphatic heterocycles. The molecule has 3 N–H and O–H groups in total. The number of nitrogens with zero attached hydrogens (tertiary/aromatic N) is 6. The van der Waals surface area contributed by atoms with Crippen molar-refractivity contribution in [1.29, 1.82) is 0 Å². The molecular weight excluding hydrogens is 713 g/mol. The lowest BCUT2D eigenvalue weighted by Gasteiger charge is -2.37. The van der Waals surface area contributed by atoms with E-state index in [4.69, 9.17) is 0 Å². The first-order chi connectivity index (χ1) is 25.1. The van der Waals surface area contributed by atoms with Crippen LogP contribution in [0, 0.1) is 11.6 Å². The molecule has 2 atom stereocenters. The summed E-state index contributed by atoms with van der Waals surface area (Å²) in [5.74, 6) is -7.50. The Hall–Kier alpha value is -5.78. The first-order valence-corrected chi connectivity index (χ1v) is 16.1. The van der Waals surface area contributed by atoms with Gasteiger partial charge in [0.25, 0.3) is 5.91 Å². The Labute approximate surface area is 296 Å². The van der Waals surface area contributed by atoms with Crippen LogP contribution in [0.5, 0.6) is 0 Å². The van der Waals surface area contributed by atoms with Gasteiger partial charge >= 0.3 is 17.8 Å². The SMILES string of the molecule is C[C@](c1ccc(F)cc1F)(n1nn[nH]c1=O)C(F)(F)c1ccc(-c2ccc(N3CCN(c4ccc(NC(=O)C(O)CC(F)(F)F)cc4)CC3)cc2)cn1. The van der Waals surface area contributed by atoms with Crippen LogP contribution in [0.1, 0.15) is 24.6 Å². The van der Waals surface area contributed by atoms with Crippen molar-refractivity contribution in [2.24, 2.45) is 0 Å². The largest absolute Gasteiger partial charge is 0.392 e.